The maximum absolute atomic E-state index is 13.2. The number of ether oxygens (including phenoxy) is 1. The first-order valence-electron chi connectivity index (χ1n) is 9.83. The molecule has 1 unspecified atom stereocenters. The number of aliphatic hydroxyl groups excluding tert-OH is 1. The maximum Gasteiger partial charge on any atom is 0.300 e. The van der Waals surface area contributed by atoms with Gasteiger partial charge in [0.1, 0.15) is 17.3 Å². The fraction of sp³-hybridized carbons (Fsp3) is 0.120. The Morgan fingerprint density at radius 2 is 1.78 bits per heavy atom. The SMILES string of the molecule is COc1ccc(/C(O)=C2/C(=O)C(=O)N(c3ccccc3O)C2c2cccc(C)c2)cc1Br. The van der Waals surface area contributed by atoms with Crippen LogP contribution in [0.3, 0.4) is 0 Å². The Kier molecular flexibility index (Phi) is 5.76. The number of carbonyl (C=O) groups excluding carboxylic acids is 2. The predicted octanol–water partition coefficient (Wildman–Crippen LogP) is 5.10. The first-order chi connectivity index (χ1) is 15.3. The van der Waals surface area contributed by atoms with E-state index in [1.54, 1.807) is 42.5 Å². The molecule has 1 amide bonds. The number of carbonyl (C=O) groups is 2. The minimum atomic E-state index is -0.913. The highest BCUT2D eigenvalue weighted by Gasteiger charge is 2.47. The number of benzene rings is 3. The van der Waals surface area contributed by atoms with Gasteiger partial charge in [0.2, 0.25) is 0 Å². The molecule has 2 N–H and O–H groups in total. The van der Waals surface area contributed by atoms with Gasteiger partial charge in [0.05, 0.1) is 28.9 Å². The van der Waals surface area contributed by atoms with Gasteiger partial charge < -0.3 is 14.9 Å². The molecule has 32 heavy (non-hydrogen) atoms. The topological polar surface area (TPSA) is 87.1 Å². The summed E-state index contributed by atoms with van der Waals surface area (Å²) in [5.74, 6) is -1.54. The summed E-state index contributed by atoms with van der Waals surface area (Å²) in [5.41, 5.74) is 2.06. The molecule has 1 fully saturated rings. The molecule has 4 rings (SSSR count). The maximum atomic E-state index is 13.2. The number of rotatable bonds is 4. The lowest BCUT2D eigenvalue weighted by atomic mass is 9.94. The molecule has 7 heteroatoms. The number of nitrogens with zero attached hydrogens (tertiary/aromatic N) is 1. The van der Waals surface area contributed by atoms with E-state index in [-0.39, 0.29) is 22.8 Å². The fourth-order valence-corrected chi connectivity index (χ4v) is 4.41. The van der Waals surface area contributed by atoms with Crippen LogP contribution in [0.2, 0.25) is 0 Å². The van der Waals surface area contributed by atoms with E-state index in [0.29, 0.717) is 21.3 Å². The Balaban J connectivity index is 1.97. The highest BCUT2D eigenvalue weighted by Crippen LogP contribution is 2.45. The Hall–Kier alpha value is -3.58. The van der Waals surface area contributed by atoms with Gasteiger partial charge in [-0.05, 0) is 58.7 Å². The van der Waals surface area contributed by atoms with Crippen LogP contribution in [0.4, 0.5) is 5.69 Å². The smallest absolute Gasteiger partial charge is 0.300 e. The molecule has 1 heterocycles. The summed E-state index contributed by atoms with van der Waals surface area (Å²) >= 11 is 3.38. The van der Waals surface area contributed by atoms with Crippen molar-refractivity contribution in [2.24, 2.45) is 0 Å². The number of amides is 1. The van der Waals surface area contributed by atoms with E-state index in [9.17, 15) is 19.8 Å². The molecule has 6 nitrogen and oxygen atoms in total. The van der Waals surface area contributed by atoms with Gasteiger partial charge in [-0.2, -0.15) is 0 Å². The third-order valence-corrected chi connectivity index (χ3v) is 5.99. The molecule has 3 aromatic carbocycles. The molecule has 0 bridgehead atoms. The van der Waals surface area contributed by atoms with E-state index >= 15 is 0 Å². The second-order valence-corrected chi connectivity index (χ2v) is 8.28. The number of hydrogen-bond acceptors (Lipinski definition) is 5. The van der Waals surface area contributed by atoms with E-state index < -0.39 is 17.7 Å². The average molecular weight is 494 g/mol. The summed E-state index contributed by atoms with van der Waals surface area (Å²) < 4.78 is 5.82. The number of anilines is 1. The van der Waals surface area contributed by atoms with Crippen molar-refractivity contribution in [1.29, 1.82) is 0 Å². The third-order valence-electron chi connectivity index (χ3n) is 5.37. The van der Waals surface area contributed by atoms with E-state index in [1.807, 2.05) is 25.1 Å². The van der Waals surface area contributed by atoms with Crippen molar-refractivity contribution in [3.8, 4) is 11.5 Å². The zero-order valence-corrected chi connectivity index (χ0v) is 19.0. The molecular formula is C25H20BrNO5. The highest BCUT2D eigenvalue weighted by molar-refractivity contribution is 9.10. The van der Waals surface area contributed by atoms with Crippen molar-refractivity contribution in [2.75, 3.05) is 12.0 Å². The van der Waals surface area contributed by atoms with Gasteiger partial charge in [-0.25, -0.2) is 0 Å². The number of ketones is 1. The number of methoxy groups -OCH3 is 1. The molecular weight excluding hydrogens is 474 g/mol. The zero-order valence-electron chi connectivity index (χ0n) is 17.4. The molecule has 0 aromatic heterocycles. The Labute approximate surface area is 193 Å². The van der Waals surface area contributed by atoms with Crippen LogP contribution in [0.25, 0.3) is 5.76 Å². The molecule has 162 valence electrons. The number of phenolic OH excluding ortho intramolecular Hbond substituents is 1. The number of hydrogen-bond donors (Lipinski definition) is 2. The van der Waals surface area contributed by atoms with Crippen LogP contribution >= 0.6 is 15.9 Å². The van der Waals surface area contributed by atoms with E-state index in [4.69, 9.17) is 4.74 Å². The number of halogens is 1. The second kappa shape index (κ2) is 8.51. The van der Waals surface area contributed by atoms with E-state index in [1.165, 1.54) is 18.1 Å². The quantitative estimate of drug-likeness (QED) is 0.300. The van der Waals surface area contributed by atoms with Crippen LogP contribution in [0, 0.1) is 6.92 Å². The molecule has 0 radical (unpaired) electrons. The molecule has 0 aliphatic carbocycles. The fourth-order valence-electron chi connectivity index (χ4n) is 3.87. The summed E-state index contributed by atoms with van der Waals surface area (Å²) in [6.45, 7) is 1.90. The standard InChI is InChI=1S/C25H20BrNO5/c1-14-6-5-7-15(12-14)22-21(23(29)16-10-11-20(32-2)17(26)13-16)24(30)25(31)27(22)18-8-3-4-9-19(18)28/h3-13,22,28-29H,1-2H3/b23-21-. The van der Waals surface area contributed by atoms with Crippen LogP contribution in [0.5, 0.6) is 11.5 Å². The van der Waals surface area contributed by atoms with Gasteiger partial charge in [0.15, 0.2) is 0 Å². The normalized spacial score (nSPS) is 17.6. The summed E-state index contributed by atoms with van der Waals surface area (Å²) in [6.07, 6.45) is 0. The largest absolute Gasteiger partial charge is 0.507 e. The first-order valence-corrected chi connectivity index (χ1v) is 10.6. The van der Waals surface area contributed by atoms with Crippen LogP contribution in [0.1, 0.15) is 22.7 Å². The van der Waals surface area contributed by atoms with Crippen LogP contribution in [-0.4, -0.2) is 29.0 Å². The van der Waals surface area contributed by atoms with Crippen LogP contribution in [0.15, 0.2) is 76.8 Å². The number of aliphatic hydroxyl groups is 1. The predicted molar refractivity (Wildman–Crippen MR) is 125 cm³/mol. The van der Waals surface area contributed by atoms with E-state index in [2.05, 4.69) is 15.9 Å². The van der Waals surface area contributed by atoms with Gasteiger partial charge in [0.25, 0.3) is 11.7 Å². The molecule has 0 saturated carbocycles. The van der Waals surface area contributed by atoms with Gasteiger partial charge in [-0.1, -0.05) is 42.0 Å². The lowest BCUT2D eigenvalue weighted by Crippen LogP contribution is -2.29. The van der Waals surface area contributed by atoms with Gasteiger partial charge in [-0.3, -0.25) is 14.5 Å². The van der Waals surface area contributed by atoms with Crippen molar-refractivity contribution in [3.63, 3.8) is 0 Å². The summed E-state index contributed by atoms with van der Waals surface area (Å²) in [5, 5.41) is 21.6. The molecule has 1 aliphatic rings. The third kappa shape index (κ3) is 3.65. The van der Waals surface area contributed by atoms with E-state index in [0.717, 1.165) is 5.56 Å². The van der Waals surface area contributed by atoms with Gasteiger partial charge in [-0.15, -0.1) is 0 Å². The molecule has 1 saturated heterocycles. The Bertz CT molecular complexity index is 1270. The van der Waals surface area contributed by atoms with Crippen LogP contribution < -0.4 is 9.64 Å². The highest BCUT2D eigenvalue weighted by atomic mass is 79.9. The Morgan fingerprint density at radius 3 is 2.44 bits per heavy atom. The average Bonchev–Trinajstić information content (AvgIpc) is 3.04. The summed E-state index contributed by atoms with van der Waals surface area (Å²) in [6, 6.07) is 17.6. The number of aromatic hydroxyl groups is 1. The van der Waals surface area contributed by atoms with Gasteiger partial charge >= 0.3 is 0 Å². The number of Topliss-reactive ketones (excluding diaryl/α,β-unsaturated/α-hetero) is 1. The lowest BCUT2D eigenvalue weighted by Gasteiger charge is -2.26. The van der Waals surface area contributed by atoms with Crippen molar-refractivity contribution >= 4 is 39.1 Å². The summed E-state index contributed by atoms with van der Waals surface area (Å²) in [7, 11) is 1.52. The summed E-state index contributed by atoms with van der Waals surface area (Å²) in [4.78, 5) is 27.5. The monoisotopic (exact) mass is 493 g/mol. The lowest BCUT2D eigenvalue weighted by molar-refractivity contribution is -0.132. The van der Waals surface area contributed by atoms with Crippen molar-refractivity contribution in [3.05, 3.63) is 93.5 Å². The Morgan fingerprint density at radius 1 is 1.03 bits per heavy atom. The number of phenols is 1. The van der Waals surface area contributed by atoms with Crippen molar-refractivity contribution < 1.29 is 24.5 Å². The number of aryl methyl sites for hydroxylation is 1. The number of para-hydroxylation sites is 2. The van der Waals surface area contributed by atoms with Gasteiger partial charge in [0, 0.05) is 5.56 Å². The van der Waals surface area contributed by atoms with Crippen LogP contribution in [-0.2, 0) is 9.59 Å². The minimum absolute atomic E-state index is 0.0547. The molecule has 0 spiro atoms. The first kappa shape index (κ1) is 21.6. The second-order valence-electron chi connectivity index (χ2n) is 7.42. The molecule has 3 aromatic rings. The minimum Gasteiger partial charge on any atom is -0.507 e. The van der Waals surface area contributed by atoms with Crippen molar-refractivity contribution in [2.45, 2.75) is 13.0 Å². The molecule has 1 atom stereocenters. The van der Waals surface area contributed by atoms with Crippen molar-refractivity contribution in [1.82, 2.24) is 0 Å². The zero-order chi connectivity index (χ0) is 23.0. The molecule has 1 aliphatic heterocycles.